The number of H-pyrrole nitrogens is 1. The van der Waals surface area contributed by atoms with Gasteiger partial charge in [0.1, 0.15) is 0 Å². The molecule has 1 heterocycles. The monoisotopic (exact) mass is 265 g/mol. The molecular weight excluding hydrogens is 250 g/mol. The molecule has 4 N–H and O–H groups in total. The van der Waals surface area contributed by atoms with Gasteiger partial charge in [0.15, 0.2) is 0 Å². The average molecular weight is 265 g/mol. The van der Waals surface area contributed by atoms with E-state index in [-0.39, 0.29) is 5.91 Å². The van der Waals surface area contributed by atoms with Crippen LogP contribution in [0.2, 0.25) is 0 Å². The van der Waals surface area contributed by atoms with Crippen molar-refractivity contribution >= 4 is 22.5 Å². The van der Waals surface area contributed by atoms with Gasteiger partial charge in [0, 0.05) is 29.5 Å². The number of hydrogen-bond acceptors (Lipinski definition) is 2. The number of carbonyl (C=O) groups is 1. The van der Waals surface area contributed by atoms with Crippen molar-refractivity contribution in [2.45, 2.75) is 6.54 Å². The maximum atomic E-state index is 12.3. The zero-order chi connectivity index (χ0) is 13.9. The van der Waals surface area contributed by atoms with Gasteiger partial charge in [-0.25, -0.2) is 0 Å². The lowest BCUT2D eigenvalue weighted by molar-refractivity contribution is 0.102. The molecule has 0 aliphatic carbocycles. The van der Waals surface area contributed by atoms with E-state index in [9.17, 15) is 4.79 Å². The quantitative estimate of drug-likeness (QED) is 0.681. The summed E-state index contributed by atoms with van der Waals surface area (Å²) in [5.74, 6) is -0.137. The van der Waals surface area contributed by atoms with Gasteiger partial charge in [-0.05, 0) is 35.2 Å². The van der Waals surface area contributed by atoms with Crippen LogP contribution in [0, 0.1) is 0 Å². The first-order valence-electron chi connectivity index (χ1n) is 6.44. The second-order valence-electron chi connectivity index (χ2n) is 4.60. The number of carbonyl (C=O) groups excluding carboxylic acids is 1. The van der Waals surface area contributed by atoms with Crippen LogP contribution >= 0.6 is 0 Å². The summed E-state index contributed by atoms with van der Waals surface area (Å²) < 4.78 is 0. The van der Waals surface area contributed by atoms with Gasteiger partial charge in [-0.2, -0.15) is 0 Å². The Morgan fingerprint density at radius 2 is 2.00 bits per heavy atom. The number of para-hydroxylation sites is 1. The standard InChI is InChI=1S/C16H15N3O/c17-10-13-3-1-2-4-14(13)19-16(20)12-6-5-11-7-8-18-15(11)9-12/h1-9,18H,10,17H2,(H,19,20). The zero-order valence-electron chi connectivity index (χ0n) is 10.9. The number of nitrogens with one attached hydrogen (secondary N) is 2. The van der Waals surface area contributed by atoms with Crippen LogP contribution < -0.4 is 11.1 Å². The summed E-state index contributed by atoms with van der Waals surface area (Å²) in [6.07, 6.45) is 1.86. The molecule has 3 rings (SSSR count). The van der Waals surface area contributed by atoms with Crippen LogP contribution in [0.5, 0.6) is 0 Å². The predicted molar refractivity (Wildman–Crippen MR) is 80.6 cm³/mol. The van der Waals surface area contributed by atoms with Gasteiger partial charge in [-0.3, -0.25) is 4.79 Å². The van der Waals surface area contributed by atoms with E-state index in [1.54, 1.807) is 0 Å². The van der Waals surface area contributed by atoms with Crippen molar-refractivity contribution in [1.82, 2.24) is 4.98 Å². The van der Waals surface area contributed by atoms with Gasteiger partial charge in [0.2, 0.25) is 0 Å². The molecule has 0 aliphatic heterocycles. The van der Waals surface area contributed by atoms with E-state index in [0.29, 0.717) is 12.1 Å². The number of rotatable bonds is 3. The fourth-order valence-corrected chi connectivity index (χ4v) is 2.20. The van der Waals surface area contributed by atoms with Gasteiger partial charge >= 0.3 is 0 Å². The van der Waals surface area contributed by atoms with Crippen LogP contribution in [-0.2, 0) is 6.54 Å². The maximum Gasteiger partial charge on any atom is 0.255 e. The SMILES string of the molecule is NCc1ccccc1NC(=O)c1ccc2cc[nH]c2c1. The van der Waals surface area contributed by atoms with Crippen LogP contribution in [-0.4, -0.2) is 10.9 Å². The molecule has 0 saturated heterocycles. The van der Waals surface area contributed by atoms with Gasteiger partial charge < -0.3 is 16.0 Å². The molecule has 100 valence electrons. The Kier molecular flexibility index (Phi) is 3.23. The molecule has 0 fully saturated rings. The van der Waals surface area contributed by atoms with Crippen molar-refractivity contribution < 1.29 is 4.79 Å². The van der Waals surface area contributed by atoms with E-state index in [2.05, 4.69) is 10.3 Å². The van der Waals surface area contributed by atoms with Crippen molar-refractivity contribution in [3.63, 3.8) is 0 Å². The molecule has 4 nitrogen and oxygen atoms in total. The van der Waals surface area contributed by atoms with Crippen LogP contribution in [0.3, 0.4) is 0 Å². The Hall–Kier alpha value is -2.59. The fourth-order valence-electron chi connectivity index (χ4n) is 2.20. The number of anilines is 1. The van der Waals surface area contributed by atoms with Gasteiger partial charge in [-0.1, -0.05) is 24.3 Å². The molecule has 0 bridgehead atoms. The Morgan fingerprint density at radius 1 is 1.15 bits per heavy atom. The fraction of sp³-hybridized carbons (Fsp3) is 0.0625. The van der Waals surface area contributed by atoms with Crippen molar-refractivity contribution in [2.75, 3.05) is 5.32 Å². The number of aromatic amines is 1. The first-order chi connectivity index (χ1) is 9.78. The number of hydrogen-bond donors (Lipinski definition) is 3. The Labute approximate surface area is 116 Å². The molecule has 3 aromatic rings. The van der Waals surface area contributed by atoms with Crippen molar-refractivity contribution in [3.05, 3.63) is 65.9 Å². The number of nitrogens with two attached hydrogens (primary N) is 1. The summed E-state index contributed by atoms with van der Waals surface area (Å²) in [4.78, 5) is 15.4. The second kappa shape index (κ2) is 5.19. The average Bonchev–Trinajstić information content (AvgIpc) is 2.95. The summed E-state index contributed by atoms with van der Waals surface area (Å²) in [6, 6.07) is 15.1. The minimum Gasteiger partial charge on any atom is -0.361 e. The van der Waals surface area contributed by atoms with Crippen LogP contribution in [0.4, 0.5) is 5.69 Å². The normalized spacial score (nSPS) is 10.7. The molecule has 0 atom stereocenters. The van der Waals surface area contributed by atoms with Crippen LogP contribution in [0.15, 0.2) is 54.7 Å². The maximum absolute atomic E-state index is 12.3. The lowest BCUT2D eigenvalue weighted by Crippen LogP contribution is -2.14. The number of amides is 1. The minimum absolute atomic E-state index is 0.137. The van der Waals surface area contributed by atoms with E-state index in [0.717, 1.165) is 22.2 Å². The Balaban J connectivity index is 1.88. The highest BCUT2D eigenvalue weighted by molar-refractivity contribution is 6.06. The number of aromatic nitrogens is 1. The molecule has 0 unspecified atom stereocenters. The highest BCUT2D eigenvalue weighted by atomic mass is 16.1. The smallest absolute Gasteiger partial charge is 0.255 e. The molecule has 0 radical (unpaired) electrons. The molecule has 1 aromatic heterocycles. The Morgan fingerprint density at radius 3 is 2.85 bits per heavy atom. The third kappa shape index (κ3) is 2.29. The van der Waals surface area contributed by atoms with E-state index in [4.69, 9.17) is 5.73 Å². The summed E-state index contributed by atoms with van der Waals surface area (Å²) in [5, 5.41) is 3.99. The van der Waals surface area contributed by atoms with Crippen molar-refractivity contribution in [2.24, 2.45) is 5.73 Å². The summed E-state index contributed by atoms with van der Waals surface area (Å²) in [6.45, 7) is 0.395. The number of fused-ring (bicyclic) bond motifs is 1. The highest BCUT2D eigenvalue weighted by Gasteiger charge is 2.09. The van der Waals surface area contributed by atoms with Gasteiger partial charge in [0.05, 0.1) is 0 Å². The number of benzene rings is 2. The van der Waals surface area contributed by atoms with Crippen LogP contribution in [0.25, 0.3) is 10.9 Å². The molecule has 20 heavy (non-hydrogen) atoms. The summed E-state index contributed by atoms with van der Waals surface area (Å²) >= 11 is 0. The molecule has 4 heteroatoms. The summed E-state index contributed by atoms with van der Waals surface area (Å²) in [7, 11) is 0. The van der Waals surface area contributed by atoms with E-state index in [1.165, 1.54) is 0 Å². The zero-order valence-corrected chi connectivity index (χ0v) is 10.9. The van der Waals surface area contributed by atoms with E-state index < -0.39 is 0 Å². The Bertz CT molecular complexity index is 761. The third-order valence-electron chi connectivity index (χ3n) is 3.30. The second-order valence-corrected chi connectivity index (χ2v) is 4.60. The van der Waals surface area contributed by atoms with E-state index >= 15 is 0 Å². The molecule has 0 spiro atoms. The predicted octanol–water partition coefficient (Wildman–Crippen LogP) is 2.88. The molecular formula is C16H15N3O. The molecule has 1 amide bonds. The van der Waals surface area contributed by atoms with Crippen LogP contribution in [0.1, 0.15) is 15.9 Å². The molecule has 2 aromatic carbocycles. The van der Waals surface area contributed by atoms with Gasteiger partial charge in [0.25, 0.3) is 5.91 Å². The lowest BCUT2D eigenvalue weighted by Gasteiger charge is -2.09. The van der Waals surface area contributed by atoms with Gasteiger partial charge in [-0.15, -0.1) is 0 Å². The highest BCUT2D eigenvalue weighted by Crippen LogP contribution is 2.18. The molecule has 0 saturated carbocycles. The van der Waals surface area contributed by atoms with E-state index in [1.807, 2.05) is 54.7 Å². The van der Waals surface area contributed by atoms with Crippen molar-refractivity contribution in [1.29, 1.82) is 0 Å². The van der Waals surface area contributed by atoms with Crippen molar-refractivity contribution in [3.8, 4) is 0 Å². The largest absolute Gasteiger partial charge is 0.361 e. The third-order valence-corrected chi connectivity index (χ3v) is 3.30. The first kappa shape index (κ1) is 12.4. The first-order valence-corrected chi connectivity index (χ1v) is 6.44. The minimum atomic E-state index is -0.137. The molecule has 0 aliphatic rings. The lowest BCUT2D eigenvalue weighted by atomic mass is 10.1. The summed E-state index contributed by atoms with van der Waals surface area (Å²) in [5.41, 5.74) is 8.91. The topological polar surface area (TPSA) is 70.9 Å².